The third-order valence-corrected chi connectivity index (χ3v) is 4.28. The van der Waals surface area contributed by atoms with Gasteiger partial charge in [0.2, 0.25) is 5.76 Å². The van der Waals surface area contributed by atoms with Crippen LogP contribution in [0.5, 0.6) is 0 Å². The SMILES string of the molecule is CCC(CC)c1cc(C(=O)N(CC(C)C(=O)O)C2CC2)on1. The van der Waals surface area contributed by atoms with Crippen LogP contribution in [0.2, 0.25) is 0 Å². The summed E-state index contributed by atoms with van der Waals surface area (Å²) in [6.45, 7) is 5.98. The first kappa shape index (κ1) is 16.5. The third kappa shape index (κ3) is 3.67. The Bertz CT molecular complexity index is 532. The molecule has 6 nitrogen and oxygen atoms in total. The van der Waals surface area contributed by atoms with Gasteiger partial charge in [-0.25, -0.2) is 0 Å². The Hall–Kier alpha value is -1.85. The Morgan fingerprint density at radius 1 is 1.41 bits per heavy atom. The Kier molecular flexibility index (Phi) is 5.21. The van der Waals surface area contributed by atoms with Crippen molar-refractivity contribution in [2.45, 2.75) is 58.4 Å². The van der Waals surface area contributed by atoms with Crippen LogP contribution in [0, 0.1) is 5.92 Å². The van der Waals surface area contributed by atoms with Crippen molar-refractivity contribution in [2.75, 3.05) is 6.54 Å². The molecule has 0 aliphatic heterocycles. The molecule has 1 atom stereocenters. The van der Waals surface area contributed by atoms with Gasteiger partial charge < -0.3 is 14.5 Å². The zero-order chi connectivity index (χ0) is 16.3. The smallest absolute Gasteiger partial charge is 0.308 e. The molecular formula is C16H24N2O4. The molecule has 1 heterocycles. The number of carboxylic acid groups (broad SMARTS) is 1. The molecule has 0 bridgehead atoms. The second kappa shape index (κ2) is 6.94. The van der Waals surface area contributed by atoms with E-state index >= 15 is 0 Å². The lowest BCUT2D eigenvalue weighted by atomic mass is 9.99. The molecule has 1 aliphatic rings. The van der Waals surface area contributed by atoms with Crippen molar-refractivity contribution in [3.8, 4) is 0 Å². The van der Waals surface area contributed by atoms with E-state index in [1.165, 1.54) is 0 Å². The Morgan fingerprint density at radius 3 is 2.55 bits per heavy atom. The predicted molar refractivity (Wildman–Crippen MR) is 80.7 cm³/mol. The van der Waals surface area contributed by atoms with Gasteiger partial charge in [0.05, 0.1) is 11.6 Å². The normalized spacial score (nSPS) is 15.8. The van der Waals surface area contributed by atoms with Gasteiger partial charge in [-0.3, -0.25) is 9.59 Å². The Balaban J connectivity index is 2.12. The standard InChI is InChI=1S/C16H24N2O4/c1-4-11(5-2)13-8-14(22-17-13)15(19)18(12-6-7-12)9-10(3)16(20)21/h8,10-12H,4-7,9H2,1-3H3,(H,20,21). The van der Waals surface area contributed by atoms with Gasteiger partial charge in [0.1, 0.15) is 0 Å². The van der Waals surface area contributed by atoms with Gasteiger partial charge >= 0.3 is 5.97 Å². The van der Waals surface area contributed by atoms with Crippen LogP contribution < -0.4 is 0 Å². The molecule has 1 aromatic rings. The summed E-state index contributed by atoms with van der Waals surface area (Å²) in [6.07, 6.45) is 3.73. The average Bonchev–Trinajstić information content (AvgIpc) is 3.22. The molecule has 1 N–H and O–H groups in total. The first-order valence-electron chi connectivity index (χ1n) is 7.98. The summed E-state index contributed by atoms with van der Waals surface area (Å²) in [5.74, 6) is -1.23. The largest absolute Gasteiger partial charge is 0.481 e. The van der Waals surface area contributed by atoms with E-state index in [0.717, 1.165) is 31.4 Å². The van der Waals surface area contributed by atoms with E-state index in [4.69, 9.17) is 9.63 Å². The molecule has 122 valence electrons. The maximum absolute atomic E-state index is 12.6. The van der Waals surface area contributed by atoms with E-state index in [-0.39, 0.29) is 30.2 Å². The van der Waals surface area contributed by atoms with Crippen LogP contribution in [-0.4, -0.2) is 39.6 Å². The molecule has 1 aromatic heterocycles. The van der Waals surface area contributed by atoms with Crippen LogP contribution >= 0.6 is 0 Å². The second-order valence-electron chi connectivity index (χ2n) is 6.06. The van der Waals surface area contributed by atoms with Gasteiger partial charge in [-0.15, -0.1) is 0 Å². The fourth-order valence-electron chi connectivity index (χ4n) is 2.59. The number of hydrogen-bond acceptors (Lipinski definition) is 4. The summed E-state index contributed by atoms with van der Waals surface area (Å²) >= 11 is 0. The molecule has 1 unspecified atom stereocenters. The molecule has 0 saturated heterocycles. The number of hydrogen-bond donors (Lipinski definition) is 1. The van der Waals surface area contributed by atoms with E-state index in [2.05, 4.69) is 19.0 Å². The minimum atomic E-state index is -0.895. The molecule has 0 radical (unpaired) electrons. The number of nitrogens with zero attached hydrogens (tertiary/aromatic N) is 2. The summed E-state index contributed by atoms with van der Waals surface area (Å²) in [4.78, 5) is 25.3. The number of carbonyl (C=O) groups is 2. The van der Waals surface area contributed by atoms with Crippen molar-refractivity contribution in [1.82, 2.24) is 10.1 Å². The fraction of sp³-hybridized carbons (Fsp3) is 0.688. The summed E-state index contributed by atoms with van der Waals surface area (Å²) in [7, 11) is 0. The van der Waals surface area contributed by atoms with Crippen molar-refractivity contribution in [1.29, 1.82) is 0 Å². The van der Waals surface area contributed by atoms with Crippen LogP contribution in [0.15, 0.2) is 10.6 Å². The maximum Gasteiger partial charge on any atom is 0.308 e. The molecule has 1 aliphatic carbocycles. The van der Waals surface area contributed by atoms with Crippen LogP contribution in [0.4, 0.5) is 0 Å². The first-order valence-corrected chi connectivity index (χ1v) is 7.98. The van der Waals surface area contributed by atoms with Crippen molar-refractivity contribution < 1.29 is 19.2 Å². The van der Waals surface area contributed by atoms with Gasteiger partial charge in [0, 0.05) is 24.6 Å². The van der Waals surface area contributed by atoms with Gasteiger partial charge in [-0.05, 0) is 25.7 Å². The van der Waals surface area contributed by atoms with Gasteiger partial charge in [0.15, 0.2) is 0 Å². The molecule has 2 rings (SSSR count). The maximum atomic E-state index is 12.6. The highest BCUT2D eigenvalue weighted by atomic mass is 16.5. The van der Waals surface area contributed by atoms with Crippen LogP contribution in [0.25, 0.3) is 0 Å². The number of aliphatic carboxylic acids is 1. The Labute approximate surface area is 130 Å². The van der Waals surface area contributed by atoms with Crippen molar-refractivity contribution >= 4 is 11.9 Å². The summed E-state index contributed by atoms with van der Waals surface area (Å²) in [5, 5.41) is 13.1. The minimum Gasteiger partial charge on any atom is -0.481 e. The molecule has 6 heteroatoms. The van der Waals surface area contributed by atoms with E-state index in [9.17, 15) is 9.59 Å². The number of rotatable bonds is 8. The minimum absolute atomic E-state index is 0.135. The Morgan fingerprint density at radius 2 is 2.05 bits per heavy atom. The summed E-state index contributed by atoms with van der Waals surface area (Å²) in [6, 6.07) is 1.84. The van der Waals surface area contributed by atoms with E-state index < -0.39 is 11.9 Å². The van der Waals surface area contributed by atoms with Gasteiger partial charge in [0.25, 0.3) is 5.91 Å². The monoisotopic (exact) mass is 308 g/mol. The number of carboxylic acids is 1. The van der Waals surface area contributed by atoms with Crippen LogP contribution in [-0.2, 0) is 4.79 Å². The molecule has 1 fully saturated rings. The zero-order valence-corrected chi connectivity index (χ0v) is 13.4. The van der Waals surface area contributed by atoms with Crippen LogP contribution in [0.1, 0.15) is 68.6 Å². The number of amides is 1. The molecule has 1 saturated carbocycles. The van der Waals surface area contributed by atoms with E-state index in [1.807, 2.05) is 0 Å². The predicted octanol–water partition coefficient (Wildman–Crippen LogP) is 2.90. The second-order valence-corrected chi connectivity index (χ2v) is 6.06. The molecular weight excluding hydrogens is 284 g/mol. The van der Waals surface area contributed by atoms with Gasteiger partial charge in [-0.2, -0.15) is 0 Å². The quantitative estimate of drug-likeness (QED) is 0.798. The van der Waals surface area contributed by atoms with Gasteiger partial charge in [-0.1, -0.05) is 25.9 Å². The van der Waals surface area contributed by atoms with E-state index in [0.29, 0.717) is 0 Å². The molecule has 0 spiro atoms. The molecule has 0 aromatic carbocycles. The first-order chi connectivity index (χ1) is 10.5. The lowest BCUT2D eigenvalue weighted by molar-refractivity contribution is -0.141. The lowest BCUT2D eigenvalue weighted by Crippen LogP contribution is -2.38. The topological polar surface area (TPSA) is 83.6 Å². The molecule has 22 heavy (non-hydrogen) atoms. The highest BCUT2D eigenvalue weighted by Gasteiger charge is 2.36. The van der Waals surface area contributed by atoms with E-state index in [1.54, 1.807) is 17.9 Å². The highest BCUT2D eigenvalue weighted by Crippen LogP contribution is 2.30. The zero-order valence-electron chi connectivity index (χ0n) is 13.4. The van der Waals surface area contributed by atoms with Crippen molar-refractivity contribution in [2.24, 2.45) is 5.92 Å². The fourth-order valence-corrected chi connectivity index (χ4v) is 2.59. The lowest BCUT2D eigenvalue weighted by Gasteiger charge is -2.22. The van der Waals surface area contributed by atoms with Crippen molar-refractivity contribution in [3.63, 3.8) is 0 Å². The summed E-state index contributed by atoms with van der Waals surface area (Å²) < 4.78 is 5.22. The number of carbonyl (C=O) groups excluding carboxylic acids is 1. The van der Waals surface area contributed by atoms with Crippen LogP contribution in [0.3, 0.4) is 0 Å². The average molecular weight is 308 g/mol. The third-order valence-electron chi connectivity index (χ3n) is 4.28. The highest BCUT2D eigenvalue weighted by molar-refractivity contribution is 5.92. The molecule has 1 amide bonds. The number of aromatic nitrogens is 1. The summed E-state index contributed by atoms with van der Waals surface area (Å²) in [5.41, 5.74) is 0.801. The van der Waals surface area contributed by atoms with Crippen molar-refractivity contribution in [3.05, 3.63) is 17.5 Å².